The van der Waals surface area contributed by atoms with Gasteiger partial charge in [-0.15, -0.1) is 0 Å². The van der Waals surface area contributed by atoms with Crippen LogP contribution in [0.25, 0.3) is 0 Å². The zero-order chi connectivity index (χ0) is 12.6. The Hall–Kier alpha value is -1.27. The van der Waals surface area contributed by atoms with Gasteiger partial charge < -0.3 is 10.1 Å². The van der Waals surface area contributed by atoms with Gasteiger partial charge >= 0.3 is 18.1 Å². The lowest BCUT2D eigenvalue weighted by molar-refractivity contribution is -0.173. The van der Waals surface area contributed by atoms with Crippen molar-refractivity contribution < 1.29 is 27.5 Å². The molecule has 0 rings (SSSR count). The zero-order valence-corrected chi connectivity index (χ0v) is 8.89. The Bertz CT molecular complexity index is 241. The molecule has 0 heterocycles. The molecule has 0 saturated heterocycles. The van der Waals surface area contributed by atoms with Gasteiger partial charge in [0.05, 0.1) is 7.11 Å². The van der Waals surface area contributed by atoms with Gasteiger partial charge in [-0.25, -0.2) is 0 Å². The van der Waals surface area contributed by atoms with Gasteiger partial charge in [0.1, 0.15) is 0 Å². The lowest BCUT2D eigenvalue weighted by Crippen LogP contribution is -2.37. The fourth-order valence-electron chi connectivity index (χ4n) is 0.975. The topological polar surface area (TPSA) is 55.4 Å². The van der Waals surface area contributed by atoms with E-state index < -0.39 is 12.1 Å². The lowest BCUT2D eigenvalue weighted by Gasteiger charge is -2.07. The minimum Gasteiger partial charge on any atom is -0.469 e. The van der Waals surface area contributed by atoms with E-state index in [0.29, 0.717) is 19.3 Å². The summed E-state index contributed by atoms with van der Waals surface area (Å²) >= 11 is 0. The number of halogens is 3. The number of carbonyl (C=O) groups excluding carboxylic acids is 2. The predicted octanol–water partition coefficient (Wildman–Crippen LogP) is 1.40. The second kappa shape index (κ2) is 7.08. The van der Waals surface area contributed by atoms with Crippen molar-refractivity contribution in [2.75, 3.05) is 13.7 Å². The van der Waals surface area contributed by atoms with Crippen molar-refractivity contribution in [2.45, 2.75) is 31.9 Å². The smallest absolute Gasteiger partial charge is 0.469 e. The summed E-state index contributed by atoms with van der Waals surface area (Å²) in [5.41, 5.74) is 0. The Morgan fingerprint density at radius 2 is 1.81 bits per heavy atom. The highest BCUT2D eigenvalue weighted by atomic mass is 19.4. The Kier molecular flexibility index (Phi) is 6.52. The van der Waals surface area contributed by atoms with Crippen molar-refractivity contribution in [3.05, 3.63) is 0 Å². The van der Waals surface area contributed by atoms with E-state index in [9.17, 15) is 22.8 Å². The average molecular weight is 241 g/mol. The summed E-state index contributed by atoms with van der Waals surface area (Å²) < 4.78 is 39.5. The number of carbonyl (C=O) groups is 2. The van der Waals surface area contributed by atoms with E-state index in [1.165, 1.54) is 7.11 Å². The van der Waals surface area contributed by atoms with E-state index in [0.717, 1.165) is 0 Å². The third kappa shape index (κ3) is 7.08. The van der Waals surface area contributed by atoms with Gasteiger partial charge in [-0.1, -0.05) is 6.42 Å². The molecule has 0 atom stereocenters. The van der Waals surface area contributed by atoms with Crippen molar-refractivity contribution in [1.82, 2.24) is 5.32 Å². The van der Waals surface area contributed by atoms with E-state index in [-0.39, 0.29) is 18.9 Å². The van der Waals surface area contributed by atoms with Gasteiger partial charge in [0.2, 0.25) is 0 Å². The first-order valence-electron chi connectivity index (χ1n) is 4.79. The summed E-state index contributed by atoms with van der Waals surface area (Å²) in [5.74, 6) is -2.28. The molecule has 0 aromatic carbocycles. The van der Waals surface area contributed by atoms with Crippen LogP contribution in [0.5, 0.6) is 0 Å². The van der Waals surface area contributed by atoms with Gasteiger partial charge in [0.25, 0.3) is 0 Å². The maximum atomic E-state index is 11.7. The summed E-state index contributed by atoms with van der Waals surface area (Å²) in [6, 6.07) is 0. The molecule has 1 amide bonds. The molecule has 0 radical (unpaired) electrons. The quantitative estimate of drug-likeness (QED) is 0.565. The largest absolute Gasteiger partial charge is 0.471 e. The summed E-state index contributed by atoms with van der Waals surface area (Å²) in [6.45, 7) is -0.0421. The maximum absolute atomic E-state index is 11.7. The van der Waals surface area contributed by atoms with Crippen LogP contribution in [0.2, 0.25) is 0 Å². The van der Waals surface area contributed by atoms with Crippen LogP contribution in [0.4, 0.5) is 13.2 Å². The van der Waals surface area contributed by atoms with Crippen LogP contribution in [0, 0.1) is 0 Å². The molecule has 0 aliphatic carbocycles. The highest BCUT2D eigenvalue weighted by Gasteiger charge is 2.38. The van der Waals surface area contributed by atoms with Crippen molar-refractivity contribution in [1.29, 1.82) is 0 Å². The first-order valence-corrected chi connectivity index (χ1v) is 4.79. The van der Waals surface area contributed by atoms with Crippen LogP contribution < -0.4 is 5.32 Å². The third-order valence-electron chi connectivity index (χ3n) is 1.83. The number of nitrogens with one attached hydrogen (secondary N) is 1. The molecule has 0 spiro atoms. The van der Waals surface area contributed by atoms with Crippen LogP contribution >= 0.6 is 0 Å². The molecular formula is C9H14F3NO3. The summed E-state index contributed by atoms with van der Waals surface area (Å²) in [6.07, 6.45) is -3.09. The first kappa shape index (κ1) is 14.7. The molecular weight excluding hydrogens is 227 g/mol. The van der Waals surface area contributed by atoms with E-state index in [1.54, 1.807) is 5.32 Å². The van der Waals surface area contributed by atoms with Gasteiger partial charge in [-0.2, -0.15) is 13.2 Å². The summed E-state index contributed by atoms with van der Waals surface area (Å²) in [7, 11) is 1.27. The molecule has 0 aliphatic heterocycles. The van der Waals surface area contributed by atoms with Crippen LogP contribution in [0.3, 0.4) is 0 Å². The molecule has 1 N–H and O–H groups in total. The van der Waals surface area contributed by atoms with Gasteiger partial charge in [0, 0.05) is 13.0 Å². The molecule has 4 nitrogen and oxygen atoms in total. The molecule has 0 aromatic heterocycles. The highest BCUT2D eigenvalue weighted by Crippen LogP contribution is 2.13. The first-order chi connectivity index (χ1) is 7.38. The van der Waals surface area contributed by atoms with Crippen molar-refractivity contribution >= 4 is 11.9 Å². The number of ether oxygens (including phenoxy) is 1. The maximum Gasteiger partial charge on any atom is 0.471 e. The number of methoxy groups -OCH3 is 1. The standard InChI is InChI=1S/C9H14F3NO3/c1-16-7(14)5-3-2-4-6-13-8(15)9(10,11)12/h2-6H2,1H3,(H,13,15). The summed E-state index contributed by atoms with van der Waals surface area (Å²) in [5, 5.41) is 1.74. The normalized spacial score (nSPS) is 11.0. The molecule has 7 heteroatoms. The number of esters is 1. The molecule has 0 unspecified atom stereocenters. The second-order valence-electron chi connectivity index (χ2n) is 3.14. The van der Waals surface area contributed by atoms with Crippen LogP contribution in [-0.4, -0.2) is 31.7 Å². The fourth-order valence-corrected chi connectivity index (χ4v) is 0.975. The predicted molar refractivity (Wildman–Crippen MR) is 49.5 cm³/mol. The van der Waals surface area contributed by atoms with Crippen molar-refractivity contribution in [2.24, 2.45) is 0 Å². The SMILES string of the molecule is COC(=O)CCCCCNC(=O)C(F)(F)F. The minimum atomic E-state index is -4.83. The molecule has 94 valence electrons. The Morgan fingerprint density at radius 3 is 2.31 bits per heavy atom. The second-order valence-corrected chi connectivity index (χ2v) is 3.14. The molecule has 0 fully saturated rings. The molecule has 0 aromatic rings. The number of alkyl halides is 3. The minimum absolute atomic E-state index is 0.0421. The monoisotopic (exact) mass is 241 g/mol. The van der Waals surface area contributed by atoms with Crippen LogP contribution in [0.1, 0.15) is 25.7 Å². The van der Waals surface area contributed by atoms with Crippen molar-refractivity contribution in [3.63, 3.8) is 0 Å². The number of unbranched alkanes of at least 4 members (excludes halogenated alkanes) is 2. The Balaban J connectivity index is 3.41. The van der Waals surface area contributed by atoms with E-state index >= 15 is 0 Å². The van der Waals surface area contributed by atoms with Gasteiger partial charge in [0.15, 0.2) is 0 Å². The van der Waals surface area contributed by atoms with E-state index in [4.69, 9.17) is 0 Å². The average Bonchev–Trinajstić information content (AvgIpc) is 2.20. The molecule has 16 heavy (non-hydrogen) atoms. The van der Waals surface area contributed by atoms with Gasteiger partial charge in [-0.05, 0) is 12.8 Å². The zero-order valence-electron chi connectivity index (χ0n) is 8.89. The van der Waals surface area contributed by atoms with Crippen LogP contribution in [-0.2, 0) is 14.3 Å². The number of hydrogen-bond acceptors (Lipinski definition) is 3. The lowest BCUT2D eigenvalue weighted by atomic mass is 10.2. The molecule has 0 bridgehead atoms. The van der Waals surface area contributed by atoms with E-state index in [2.05, 4.69) is 4.74 Å². The molecule has 0 saturated carbocycles. The van der Waals surface area contributed by atoms with E-state index in [1.807, 2.05) is 0 Å². The van der Waals surface area contributed by atoms with Crippen LogP contribution in [0.15, 0.2) is 0 Å². The number of amides is 1. The Morgan fingerprint density at radius 1 is 1.19 bits per heavy atom. The number of hydrogen-bond donors (Lipinski definition) is 1. The third-order valence-corrected chi connectivity index (χ3v) is 1.83. The van der Waals surface area contributed by atoms with Crippen molar-refractivity contribution in [3.8, 4) is 0 Å². The summed E-state index contributed by atoms with van der Waals surface area (Å²) in [4.78, 5) is 21.0. The highest BCUT2D eigenvalue weighted by molar-refractivity contribution is 5.81. The molecule has 0 aliphatic rings. The fraction of sp³-hybridized carbons (Fsp3) is 0.778. The number of rotatable bonds is 6. The Labute approximate surface area is 91.1 Å². The van der Waals surface area contributed by atoms with Gasteiger partial charge in [-0.3, -0.25) is 9.59 Å².